The first-order chi connectivity index (χ1) is 12.7. The van der Waals surface area contributed by atoms with Gasteiger partial charge in [-0.3, -0.25) is 4.79 Å². The van der Waals surface area contributed by atoms with Crippen LogP contribution in [0.5, 0.6) is 0 Å². The van der Waals surface area contributed by atoms with Crippen LogP contribution < -0.4 is 0 Å². The Morgan fingerprint density at radius 1 is 1.27 bits per heavy atom. The normalized spacial score (nSPS) is 19.0. The SMILES string of the molecule is O=C1C(c2ccc(Br)cc2)=COC2CC(OCCn3ccnc3)=CC=C12. The summed E-state index contributed by atoms with van der Waals surface area (Å²) in [6.07, 6.45) is 10.9. The highest BCUT2D eigenvalue weighted by molar-refractivity contribution is 9.10. The van der Waals surface area contributed by atoms with E-state index in [2.05, 4.69) is 20.9 Å². The molecule has 0 spiro atoms. The number of imidazole rings is 1. The number of aromatic nitrogens is 2. The molecule has 2 heterocycles. The van der Waals surface area contributed by atoms with Gasteiger partial charge >= 0.3 is 0 Å². The molecule has 0 fully saturated rings. The maximum atomic E-state index is 12.8. The van der Waals surface area contributed by atoms with E-state index in [4.69, 9.17) is 9.47 Å². The lowest BCUT2D eigenvalue weighted by atomic mass is 9.88. The number of Topliss-reactive ketones (excluding diaryl/α,β-unsaturated/α-hetero) is 1. The number of benzene rings is 1. The maximum absolute atomic E-state index is 12.8. The Hall–Kier alpha value is -2.60. The largest absolute Gasteiger partial charge is 0.496 e. The van der Waals surface area contributed by atoms with Gasteiger partial charge in [0.05, 0.1) is 24.7 Å². The van der Waals surface area contributed by atoms with Crippen LogP contribution in [0.4, 0.5) is 0 Å². The van der Waals surface area contributed by atoms with E-state index in [1.54, 1.807) is 18.8 Å². The van der Waals surface area contributed by atoms with Crippen LogP contribution in [0.3, 0.4) is 0 Å². The van der Waals surface area contributed by atoms with Gasteiger partial charge in [-0.2, -0.15) is 0 Å². The molecule has 0 bridgehead atoms. The highest BCUT2D eigenvalue weighted by Gasteiger charge is 2.32. The summed E-state index contributed by atoms with van der Waals surface area (Å²) in [5, 5.41) is 0. The predicted octanol–water partition coefficient (Wildman–Crippen LogP) is 3.89. The topological polar surface area (TPSA) is 53.4 Å². The number of rotatable bonds is 5. The van der Waals surface area contributed by atoms with E-state index in [9.17, 15) is 4.79 Å². The first-order valence-electron chi connectivity index (χ1n) is 8.36. The second-order valence-corrected chi connectivity index (χ2v) is 7.02. The van der Waals surface area contributed by atoms with Gasteiger partial charge in [0, 0.05) is 28.9 Å². The fourth-order valence-electron chi connectivity index (χ4n) is 2.99. The zero-order chi connectivity index (χ0) is 17.9. The van der Waals surface area contributed by atoms with Crippen LogP contribution in [0.15, 0.2) is 77.2 Å². The number of ether oxygens (including phenoxy) is 2. The second-order valence-electron chi connectivity index (χ2n) is 6.10. The Morgan fingerprint density at radius 2 is 2.12 bits per heavy atom. The van der Waals surface area contributed by atoms with Gasteiger partial charge < -0.3 is 14.0 Å². The molecule has 1 aromatic heterocycles. The number of ketones is 1. The average molecular weight is 413 g/mol. The van der Waals surface area contributed by atoms with Crippen molar-refractivity contribution in [2.75, 3.05) is 6.61 Å². The summed E-state index contributed by atoms with van der Waals surface area (Å²) in [7, 11) is 0. The Kier molecular flexibility index (Phi) is 4.75. The van der Waals surface area contributed by atoms with Crippen molar-refractivity contribution in [3.63, 3.8) is 0 Å². The van der Waals surface area contributed by atoms with Crippen molar-refractivity contribution in [3.05, 3.63) is 82.8 Å². The van der Waals surface area contributed by atoms with Crippen molar-refractivity contribution in [3.8, 4) is 0 Å². The third-order valence-electron chi connectivity index (χ3n) is 4.39. The molecule has 6 heteroatoms. The molecule has 132 valence electrons. The number of halogens is 1. The van der Waals surface area contributed by atoms with E-state index < -0.39 is 0 Å². The summed E-state index contributed by atoms with van der Waals surface area (Å²) in [5.41, 5.74) is 2.11. The Labute approximate surface area is 159 Å². The monoisotopic (exact) mass is 412 g/mol. The van der Waals surface area contributed by atoms with Gasteiger partial charge in [-0.25, -0.2) is 4.98 Å². The Balaban J connectivity index is 1.43. The number of hydrogen-bond donors (Lipinski definition) is 0. The number of carbonyl (C=O) groups is 1. The van der Waals surface area contributed by atoms with Crippen LogP contribution in [0.25, 0.3) is 5.57 Å². The number of nitrogens with zero attached hydrogens (tertiary/aromatic N) is 2. The third-order valence-corrected chi connectivity index (χ3v) is 4.92. The molecular formula is C20H17BrN2O3. The van der Waals surface area contributed by atoms with E-state index in [0.29, 0.717) is 24.2 Å². The zero-order valence-electron chi connectivity index (χ0n) is 14.0. The van der Waals surface area contributed by atoms with Crippen LogP contribution in [-0.2, 0) is 20.8 Å². The Morgan fingerprint density at radius 3 is 2.88 bits per heavy atom. The molecule has 1 aliphatic carbocycles. The minimum absolute atomic E-state index is 0.0114. The summed E-state index contributed by atoms with van der Waals surface area (Å²) < 4.78 is 14.6. The third kappa shape index (κ3) is 3.51. The average Bonchev–Trinajstić information content (AvgIpc) is 3.16. The van der Waals surface area contributed by atoms with E-state index in [-0.39, 0.29) is 11.9 Å². The molecule has 1 aliphatic heterocycles. The van der Waals surface area contributed by atoms with Gasteiger partial charge in [0.15, 0.2) is 5.78 Å². The van der Waals surface area contributed by atoms with Crippen LogP contribution >= 0.6 is 15.9 Å². The maximum Gasteiger partial charge on any atom is 0.196 e. The van der Waals surface area contributed by atoms with Gasteiger partial charge in [-0.05, 0) is 29.8 Å². The minimum Gasteiger partial charge on any atom is -0.496 e. The van der Waals surface area contributed by atoms with E-state index in [1.165, 1.54) is 0 Å². The van der Waals surface area contributed by atoms with Crippen molar-refractivity contribution in [1.82, 2.24) is 9.55 Å². The van der Waals surface area contributed by atoms with Gasteiger partial charge in [0.2, 0.25) is 0 Å². The first kappa shape index (κ1) is 16.8. The van der Waals surface area contributed by atoms with Crippen LogP contribution in [0, 0.1) is 0 Å². The molecule has 26 heavy (non-hydrogen) atoms. The summed E-state index contributed by atoms with van der Waals surface area (Å²) in [6, 6.07) is 7.64. The van der Waals surface area contributed by atoms with E-state index in [0.717, 1.165) is 22.3 Å². The second kappa shape index (κ2) is 7.33. The predicted molar refractivity (Wildman–Crippen MR) is 101 cm³/mol. The van der Waals surface area contributed by atoms with Crippen LogP contribution in [-0.4, -0.2) is 28.0 Å². The van der Waals surface area contributed by atoms with Gasteiger partial charge in [-0.15, -0.1) is 0 Å². The van der Waals surface area contributed by atoms with Gasteiger partial charge in [-0.1, -0.05) is 28.1 Å². The zero-order valence-corrected chi connectivity index (χ0v) is 15.6. The summed E-state index contributed by atoms with van der Waals surface area (Å²) >= 11 is 3.41. The standard InChI is InChI=1S/C20H17BrN2O3/c21-15-3-1-14(2-4-15)18-12-26-19-11-16(5-6-17(19)20(18)24)25-10-9-23-8-7-22-13-23/h1-8,12-13,19H,9-11H2. The molecule has 0 radical (unpaired) electrons. The number of carbonyl (C=O) groups excluding carboxylic acids is 1. The van der Waals surface area contributed by atoms with Gasteiger partial charge in [0.1, 0.15) is 18.5 Å². The fourth-order valence-corrected chi connectivity index (χ4v) is 3.25. The summed E-state index contributed by atoms with van der Waals surface area (Å²) in [6.45, 7) is 1.28. The molecule has 1 unspecified atom stereocenters. The molecule has 0 saturated carbocycles. The van der Waals surface area contributed by atoms with Crippen molar-refractivity contribution < 1.29 is 14.3 Å². The summed E-state index contributed by atoms with van der Waals surface area (Å²) in [4.78, 5) is 16.8. The molecule has 1 atom stereocenters. The van der Waals surface area contributed by atoms with Crippen LogP contribution in [0.2, 0.25) is 0 Å². The molecule has 0 amide bonds. The molecule has 5 nitrogen and oxygen atoms in total. The first-order valence-corrected chi connectivity index (χ1v) is 9.15. The lowest BCUT2D eigenvalue weighted by Crippen LogP contribution is -2.28. The lowest BCUT2D eigenvalue weighted by molar-refractivity contribution is -0.112. The molecule has 0 N–H and O–H groups in total. The molecule has 2 aromatic rings. The molecule has 4 rings (SSSR count). The highest BCUT2D eigenvalue weighted by Crippen LogP contribution is 2.33. The number of fused-ring (bicyclic) bond motifs is 1. The van der Waals surface area contributed by atoms with E-state index >= 15 is 0 Å². The molecule has 2 aliphatic rings. The van der Waals surface area contributed by atoms with Gasteiger partial charge in [0.25, 0.3) is 0 Å². The van der Waals surface area contributed by atoms with Crippen molar-refractivity contribution in [1.29, 1.82) is 0 Å². The fraction of sp³-hybridized carbons (Fsp3) is 0.200. The quantitative estimate of drug-likeness (QED) is 0.747. The summed E-state index contributed by atoms with van der Waals surface area (Å²) in [5.74, 6) is 0.837. The molecular weight excluding hydrogens is 396 g/mol. The van der Waals surface area contributed by atoms with Crippen LogP contribution in [0.1, 0.15) is 12.0 Å². The smallest absolute Gasteiger partial charge is 0.196 e. The molecule has 0 saturated heterocycles. The number of hydrogen-bond acceptors (Lipinski definition) is 4. The Bertz CT molecular complexity index is 896. The highest BCUT2D eigenvalue weighted by atomic mass is 79.9. The van der Waals surface area contributed by atoms with Crippen molar-refractivity contribution >= 4 is 27.3 Å². The number of allylic oxidation sites excluding steroid dienone is 3. The van der Waals surface area contributed by atoms with Crippen molar-refractivity contribution in [2.24, 2.45) is 0 Å². The lowest BCUT2D eigenvalue weighted by Gasteiger charge is -2.28. The van der Waals surface area contributed by atoms with Crippen molar-refractivity contribution in [2.45, 2.75) is 19.1 Å². The molecule has 1 aromatic carbocycles. The van der Waals surface area contributed by atoms with E-state index in [1.807, 2.05) is 47.2 Å². The minimum atomic E-state index is -0.282.